The van der Waals surface area contributed by atoms with E-state index in [-0.39, 0.29) is 11.9 Å². The van der Waals surface area contributed by atoms with Gasteiger partial charge >= 0.3 is 0 Å². The lowest BCUT2D eigenvalue weighted by molar-refractivity contribution is 0.0740. The number of halogens is 1. The lowest BCUT2D eigenvalue weighted by atomic mass is 10.1. The highest BCUT2D eigenvalue weighted by atomic mass is 35.5. The number of hydrogen-bond acceptors (Lipinski definition) is 2. The Kier molecular flexibility index (Phi) is 4.19. The minimum Gasteiger partial charge on any atom is -0.399 e. The monoisotopic (exact) mass is 240 g/mol. The van der Waals surface area contributed by atoms with Gasteiger partial charge in [0.25, 0.3) is 5.91 Å². The van der Waals surface area contributed by atoms with Crippen molar-refractivity contribution in [1.29, 1.82) is 0 Å². The van der Waals surface area contributed by atoms with E-state index in [9.17, 15) is 4.79 Å². The molecule has 88 valence electrons. The Labute approximate surface area is 101 Å². The van der Waals surface area contributed by atoms with Crippen LogP contribution in [0, 0.1) is 0 Å². The Morgan fingerprint density at radius 1 is 1.50 bits per heavy atom. The van der Waals surface area contributed by atoms with Crippen molar-refractivity contribution in [3.8, 4) is 0 Å². The lowest BCUT2D eigenvalue weighted by Crippen LogP contribution is -2.34. The van der Waals surface area contributed by atoms with Gasteiger partial charge in [0.05, 0.1) is 0 Å². The predicted octanol–water partition coefficient (Wildman–Crippen LogP) is 2.79. The summed E-state index contributed by atoms with van der Waals surface area (Å²) in [4.78, 5) is 13.8. The van der Waals surface area contributed by atoms with Crippen LogP contribution < -0.4 is 5.73 Å². The van der Waals surface area contributed by atoms with Crippen molar-refractivity contribution >= 4 is 23.2 Å². The summed E-state index contributed by atoms with van der Waals surface area (Å²) in [5.74, 6) is -0.0523. The fraction of sp³-hybridized carbons (Fsp3) is 0.417. The topological polar surface area (TPSA) is 46.3 Å². The summed E-state index contributed by atoms with van der Waals surface area (Å²) >= 11 is 5.86. The lowest BCUT2D eigenvalue weighted by Gasteiger charge is -2.24. The standard InChI is InChI=1S/C12H17ClN2O/c1-4-8(2)15(3)12(16)9-5-10(13)7-11(14)6-9/h5-8H,4,14H2,1-3H3. The molecule has 4 heteroatoms. The van der Waals surface area contributed by atoms with Crippen LogP contribution in [0.2, 0.25) is 5.02 Å². The highest BCUT2D eigenvalue weighted by Gasteiger charge is 2.16. The van der Waals surface area contributed by atoms with Gasteiger partial charge < -0.3 is 10.6 Å². The maximum absolute atomic E-state index is 12.1. The Morgan fingerprint density at radius 2 is 2.12 bits per heavy atom. The number of rotatable bonds is 3. The molecule has 0 saturated heterocycles. The summed E-state index contributed by atoms with van der Waals surface area (Å²) in [7, 11) is 1.79. The second kappa shape index (κ2) is 5.21. The van der Waals surface area contributed by atoms with Crippen molar-refractivity contribution in [3.63, 3.8) is 0 Å². The maximum Gasteiger partial charge on any atom is 0.253 e. The van der Waals surface area contributed by atoms with Crippen molar-refractivity contribution in [2.24, 2.45) is 0 Å². The fourth-order valence-electron chi connectivity index (χ4n) is 1.41. The zero-order valence-corrected chi connectivity index (χ0v) is 10.6. The van der Waals surface area contributed by atoms with Gasteiger partial charge in [0.1, 0.15) is 0 Å². The third-order valence-electron chi connectivity index (χ3n) is 2.74. The molecular weight excluding hydrogens is 224 g/mol. The Hall–Kier alpha value is -1.22. The number of carbonyl (C=O) groups is 1. The van der Waals surface area contributed by atoms with Gasteiger partial charge in [-0.15, -0.1) is 0 Å². The van der Waals surface area contributed by atoms with Gasteiger partial charge in [0, 0.05) is 29.4 Å². The third-order valence-corrected chi connectivity index (χ3v) is 2.96. The van der Waals surface area contributed by atoms with E-state index in [1.165, 1.54) is 0 Å². The van der Waals surface area contributed by atoms with E-state index in [0.29, 0.717) is 16.3 Å². The SMILES string of the molecule is CCC(C)N(C)C(=O)c1cc(N)cc(Cl)c1. The second-order valence-corrected chi connectivity index (χ2v) is 4.38. The molecule has 1 aromatic carbocycles. The summed E-state index contributed by atoms with van der Waals surface area (Å²) in [6, 6.07) is 5.11. The van der Waals surface area contributed by atoms with Crippen LogP contribution in [-0.4, -0.2) is 23.9 Å². The predicted molar refractivity (Wildman–Crippen MR) is 67.7 cm³/mol. The molecule has 0 bridgehead atoms. The van der Waals surface area contributed by atoms with Gasteiger partial charge in [0.2, 0.25) is 0 Å². The van der Waals surface area contributed by atoms with E-state index in [2.05, 4.69) is 0 Å². The van der Waals surface area contributed by atoms with Gasteiger partial charge in [-0.25, -0.2) is 0 Å². The number of nitrogens with zero attached hydrogens (tertiary/aromatic N) is 1. The van der Waals surface area contributed by atoms with Crippen LogP contribution >= 0.6 is 11.6 Å². The smallest absolute Gasteiger partial charge is 0.253 e. The van der Waals surface area contributed by atoms with Crippen molar-refractivity contribution in [2.45, 2.75) is 26.3 Å². The number of nitrogen functional groups attached to an aromatic ring is 1. The minimum atomic E-state index is -0.0523. The molecule has 0 spiro atoms. The molecule has 16 heavy (non-hydrogen) atoms. The number of anilines is 1. The molecule has 0 aliphatic heterocycles. The molecule has 1 aromatic rings. The van der Waals surface area contributed by atoms with E-state index in [1.54, 1.807) is 30.1 Å². The molecule has 1 atom stereocenters. The number of hydrogen-bond donors (Lipinski definition) is 1. The van der Waals surface area contributed by atoms with Crippen LogP contribution in [0.15, 0.2) is 18.2 Å². The maximum atomic E-state index is 12.1. The summed E-state index contributed by atoms with van der Waals surface area (Å²) in [6.45, 7) is 4.05. The molecule has 0 aromatic heterocycles. The molecule has 0 fully saturated rings. The van der Waals surface area contributed by atoms with Gasteiger partial charge in [-0.3, -0.25) is 4.79 Å². The van der Waals surface area contributed by atoms with Crippen LogP contribution in [0.4, 0.5) is 5.69 Å². The van der Waals surface area contributed by atoms with Crippen molar-refractivity contribution in [2.75, 3.05) is 12.8 Å². The molecule has 0 aliphatic carbocycles. The van der Waals surface area contributed by atoms with Crippen LogP contribution in [0.25, 0.3) is 0 Å². The minimum absolute atomic E-state index is 0.0523. The first-order valence-electron chi connectivity index (χ1n) is 5.29. The Morgan fingerprint density at radius 3 is 2.62 bits per heavy atom. The van der Waals surface area contributed by atoms with E-state index in [0.717, 1.165) is 6.42 Å². The van der Waals surface area contributed by atoms with Crippen LogP contribution in [0.3, 0.4) is 0 Å². The highest BCUT2D eigenvalue weighted by Crippen LogP contribution is 2.18. The summed E-state index contributed by atoms with van der Waals surface area (Å²) in [5.41, 5.74) is 6.69. The van der Waals surface area contributed by atoms with Gasteiger partial charge in [0.15, 0.2) is 0 Å². The molecule has 0 saturated carbocycles. The van der Waals surface area contributed by atoms with Gasteiger partial charge in [-0.1, -0.05) is 18.5 Å². The van der Waals surface area contributed by atoms with E-state index >= 15 is 0 Å². The highest BCUT2D eigenvalue weighted by molar-refractivity contribution is 6.31. The first kappa shape index (κ1) is 12.8. The molecule has 0 aliphatic rings. The van der Waals surface area contributed by atoms with E-state index in [1.807, 2.05) is 13.8 Å². The van der Waals surface area contributed by atoms with Crippen LogP contribution in [0.5, 0.6) is 0 Å². The first-order valence-corrected chi connectivity index (χ1v) is 5.66. The zero-order valence-electron chi connectivity index (χ0n) is 9.83. The number of carbonyl (C=O) groups excluding carboxylic acids is 1. The number of amides is 1. The average Bonchev–Trinajstić information content (AvgIpc) is 2.24. The molecular formula is C12H17ClN2O. The van der Waals surface area contributed by atoms with Crippen LogP contribution in [-0.2, 0) is 0 Å². The molecule has 2 N–H and O–H groups in total. The second-order valence-electron chi connectivity index (χ2n) is 3.95. The largest absolute Gasteiger partial charge is 0.399 e. The Balaban J connectivity index is 2.96. The zero-order chi connectivity index (χ0) is 12.3. The molecule has 1 rings (SSSR count). The fourth-order valence-corrected chi connectivity index (χ4v) is 1.66. The van der Waals surface area contributed by atoms with Crippen molar-refractivity contribution in [1.82, 2.24) is 4.90 Å². The van der Waals surface area contributed by atoms with E-state index < -0.39 is 0 Å². The molecule has 1 unspecified atom stereocenters. The van der Waals surface area contributed by atoms with Gasteiger partial charge in [-0.2, -0.15) is 0 Å². The summed E-state index contributed by atoms with van der Waals surface area (Å²) < 4.78 is 0. The first-order chi connectivity index (χ1) is 7.45. The van der Waals surface area contributed by atoms with Crippen LogP contribution in [0.1, 0.15) is 30.6 Å². The Bertz CT molecular complexity index is 372. The van der Waals surface area contributed by atoms with Crippen molar-refractivity contribution < 1.29 is 4.79 Å². The van der Waals surface area contributed by atoms with Gasteiger partial charge in [-0.05, 0) is 31.5 Å². The molecule has 0 radical (unpaired) electrons. The van der Waals surface area contributed by atoms with Crippen molar-refractivity contribution in [3.05, 3.63) is 28.8 Å². The summed E-state index contributed by atoms with van der Waals surface area (Å²) in [5, 5.41) is 0.487. The summed E-state index contributed by atoms with van der Waals surface area (Å²) in [6.07, 6.45) is 0.915. The molecule has 3 nitrogen and oxygen atoms in total. The molecule has 0 heterocycles. The number of nitrogens with two attached hydrogens (primary N) is 1. The number of benzene rings is 1. The molecule has 1 amide bonds. The van der Waals surface area contributed by atoms with E-state index in [4.69, 9.17) is 17.3 Å². The normalized spacial score (nSPS) is 12.2. The quantitative estimate of drug-likeness (QED) is 0.826. The average molecular weight is 241 g/mol. The third kappa shape index (κ3) is 2.89.